The maximum absolute atomic E-state index is 13.7. The number of pyridine rings is 1. The van der Waals surface area contributed by atoms with Crippen LogP contribution in [0.15, 0.2) is 72.0 Å². The summed E-state index contributed by atoms with van der Waals surface area (Å²) in [4.78, 5) is 21.2. The Morgan fingerprint density at radius 1 is 1.11 bits per heavy atom. The standard InChI is InChI=1S/C24H20F4N4O3S/c1-14(16-6-8-17(25)9-7-16)20(21(29)33)36(34)23-31-19-3-2-12-30-22(19)32(23)13-15-4-10-18(11-5-15)35-24(26,27)28/h2-12,14,20H,13H2,1H3,(H2,29,33)/t14-,20?,36?/m0/s1. The van der Waals surface area contributed by atoms with Gasteiger partial charge in [-0.25, -0.2) is 14.4 Å². The van der Waals surface area contributed by atoms with Gasteiger partial charge < -0.3 is 10.5 Å². The number of imidazole rings is 1. The van der Waals surface area contributed by atoms with Gasteiger partial charge in [0, 0.05) is 12.1 Å². The predicted molar refractivity (Wildman–Crippen MR) is 124 cm³/mol. The molecule has 1 amide bonds. The molecule has 0 aliphatic carbocycles. The Morgan fingerprint density at radius 3 is 2.39 bits per heavy atom. The van der Waals surface area contributed by atoms with Crippen LogP contribution in [0.5, 0.6) is 5.75 Å². The Morgan fingerprint density at radius 2 is 1.78 bits per heavy atom. The molecular formula is C24H20F4N4O3S. The number of rotatable bonds is 8. The van der Waals surface area contributed by atoms with E-state index in [0.29, 0.717) is 22.3 Å². The fourth-order valence-electron chi connectivity index (χ4n) is 3.80. The van der Waals surface area contributed by atoms with Gasteiger partial charge in [-0.1, -0.05) is 31.2 Å². The number of amides is 1. The quantitative estimate of drug-likeness (QED) is 0.350. The zero-order valence-corrected chi connectivity index (χ0v) is 19.6. The van der Waals surface area contributed by atoms with Gasteiger partial charge in [-0.05, 0) is 47.5 Å². The molecule has 0 fully saturated rings. The summed E-state index contributed by atoms with van der Waals surface area (Å²) in [6.07, 6.45) is -3.30. The molecule has 2 aromatic carbocycles. The average Bonchev–Trinajstić information content (AvgIpc) is 3.18. The number of alkyl halides is 3. The summed E-state index contributed by atoms with van der Waals surface area (Å²) >= 11 is 0. The van der Waals surface area contributed by atoms with E-state index in [0.717, 1.165) is 12.1 Å². The number of nitrogens with two attached hydrogens (primary N) is 1. The van der Waals surface area contributed by atoms with Crippen LogP contribution in [0.25, 0.3) is 11.2 Å². The summed E-state index contributed by atoms with van der Waals surface area (Å²) in [6, 6.07) is 13.9. The van der Waals surface area contributed by atoms with Crippen molar-refractivity contribution in [2.45, 2.75) is 36.2 Å². The molecule has 0 aliphatic rings. The van der Waals surface area contributed by atoms with E-state index < -0.39 is 40.1 Å². The normalized spacial score (nSPS) is 14.4. The summed E-state index contributed by atoms with van der Waals surface area (Å²) in [5, 5.41) is -1.18. The summed E-state index contributed by atoms with van der Waals surface area (Å²) < 4.78 is 70.0. The van der Waals surface area contributed by atoms with E-state index in [2.05, 4.69) is 14.7 Å². The lowest BCUT2D eigenvalue weighted by molar-refractivity contribution is -0.274. The second-order valence-corrected chi connectivity index (χ2v) is 9.45. The van der Waals surface area contributed by atoms with Crippen LogP contribution in [-0.4, -0.2) is 36.3 Å². The van der Waals surface area contributed by atoms with E-state index in [-0.39, 0.29) is 17.5 Å². The third-order valence-corrected chi connectivity index (χ3v) is 7.28. The van der Waals surface area contributed by atoms with Crippen molar-refractivity contribution in [2.24, 2.45) is 5.73 Å². The fourth-order valence-corrected chi connectivity index (χ4v) is 5.33. The van der Waals surface area contributed by atoms with Gasteiger partial charge in [0.05, 0.1) is 6.54 Å². The number of aromatic nitrogens is 3. The maximum atomic E-state index is 13.7. The summed E-state index contributed by atoms with van der Waals surface area (Å²) in [6.45, 7) is 1.71. The third kappa shape index (κ3) is 5.54. The Kier molecular flexibility index (Phi) is 7.07. The Balaban J connectivity index is 1.71. The first-order valence-electron chi connectivity index (χ1n) is 10.6. The van der Waals surface area contributed by atoms with E-state index in [1.165, 1.54) is 47.2 Å². The van der Waals surface area contributed by atoms with Gasteiger partial charge in [0.2, 0.25) is 11.1 Å². The van der Waals surface area contributed by atoms with E-state index in [9.17, 15) is 26.6 Å². The van der Waals surface area contributed by atoms with Crippen molar-refractivity contribution in [2.75, 3.05) is 0 Å². The molecular weight excluding hydrogens is 500 g/mol. The lowest BCUT2D eigenvalue weighted by atomic mass is 9.97. The number of benzene rings is 2. The van der Waals surface area contributed by atoms with Crippen LogP contribution in [0.4, 0.5) is 17.6 Å². The van der Waals surface area contributed by atoms with Crippen molar-refractivity contribution in [1.82, 2.24) is 14.5 Å². The molecule has 188 valence electrons. The molecule has 3 atom stereocenters. The first-order chi connectivity index (χ1) is 17.0. The van der Waals surface area contributed by atoms with Crippen LogP contribution < -0.4 is 10.5 Å². The van der Waals surface area contributed by atoms with Crippen LogP contribution in [0, 0.1) is 5.82 Å². The second kappa shape index (κ2) is 10.1. The molecule has 12 heteroatoms. The van der Waals surface area contributed by atoms with Gasteiger partial charge in [0.1, 0.15) is 33.1 Å². The number of primary amides is 1. The van der Waals surface area contributed by atoms with E-state index in [4.69, 9.17) is 5.73 Å². The lowest BCUT2D eigenvalue weighted by Crippen LogP contribution is -2.37. The highest BCUT2D eigenvalue weighted by Gasteiger charge is 2.35. The largest absolute Gasteiger partial charge is 0.573 e. The fraction of sp³-hybridized carbons (Fsp3) is 0.208. The Hall–Kier alpha value is -3.80. The van der Waals surface area contributed by atoms with Crippen molar-refractivity contribution in [3.8, 4) is 5.75 Å². The molecule has 0 spiro atoms. The smallest absolute Gasteiger partial charge is 0.406 e. The molecule has 4 aromatic rings. The second-order valence-electron chi connectivity index (χ2n) is 7.98. The van der Waals surface area contributed by atoms with Gasteiger partial charge in [-0.3, -0.25) is 13.6 Å². The van der Waals surface area contributed by atoms with Crippen LogP contribution in [0.2, 0.25) is 0 Å². The molecule has 0 bridgehead atoms. The van der Waals surface area contributed by atoms with Crippen molar-refractivity contribution in [1.29, 1.82) is 0 Å². The molecule has 7 nitrogen and oxygen atoms in total. The highest BCUT2D eigenvalue weighted by atomic mass is 32.2. The molecule has 2 heterocycles. The summed E-state index contributed by atoms with van der Waals surface area (Å²) in [7, 11) is -2.05. The molecule has 4 rings (SSSR count). The predicted octanol–water partition coefficient (Wildman–Crippen LogP) is 4.28. The minimum atomic E-state index is -4.82. The first-order valence-corrected chi connectivity index (χ1v) is 11.9. The summed E-state index contributed by atoms with van der Waals surface area (Å²) in [5.41, 5.74) is 7.54. The number of fused-ring (bicyclic) bond motifs is 1. The maximum Gasteiger partial charge on any atom is 0.573 e. The highest BCUT2D eigenvalue weighted by molar-refractivity contribution is 7.86. The zero-order chi connectivity index (χ0) is 26.0. The minimum Gasteiger partial charge on any atom is -0.406 e. The number of carbonyl (C=O) groups excluding carboxylic acids is 1. The number of hydrogen-bond donors (Lipinski definition) is 1. The van der Waals surface area contributed by atoms with Crippen LogP contribution in [0.3, 0.4) is 0 Å². The van der Waals surface area contributed by atoms with Gasteiger partial charge >= 0.3 is 6.36 Å². The SMILES string of the molecule is C[C@@H](c1ccc(F)cc1)C(C(N)=O)S(=O)c1nc2cccnc2n1Cc1ccc(OC(F)(F)F)cc1. The Labute approximate surface area is 205 Å². The van der Waals surface area contributed by atoms with E-state index >= 15 is 0 Å². The molecule has 0 radical (unpaired) electrons. The van der Waals surface area contributed by atoms with E-state index in [1.54, 1.807) is 19.1 Å². The molecule has 2 unspecified atom stereocenters. The molecule has 2 N–H and O–H groups in total. The van der Waals surface area contributed by atoms with Crippen LogP contribution >= 0.6 is 0 Å². The molecule has 0 saturated carbocycles. The topological polar surface area (TPSA) is 100 Å². The lowest BCUT2D eigenvalue weighted by Gasteiger charge is -2.21. The summed E-state index contributed by atoms with van der Waals surface area (Å²) in [5.74, 6) is -2.30. The molecule has 0 aliphatic heterocycles. The van der Waals surface area contributed by atoms with Gasteiger partial charge in [-0.15, -0.1) is 13.2 Å². The van der Waals surface area contributed by atoms with Gasteiger partial charge in [0.15, 0.2) is 5.65 Å². The monoisotopic (exact) mass is 520 g/mol. The number of nitrogens with zero attached hydrogens (tertiary/aromatic N) is 3. The Bertz CT molecular complexity index is 1410. The van der Waals surface area contributed by atoms with Crippen LogP contribution in [0.1, 0.15) is 24.0 Å². The number of ether oxygens (including phenoxy) is 1. The first kappa shape index (κ1) is 25.3. The highest BCUT2D eigenvalue weighted by Crippen LogP contribution is 2.29. The van der Waals surface area contributed by atoms with Crippen molar-refractivity contribution in [3.05, 3.63) is 83.8 Å². The van der Waals surface area contributed by atoms with Crippen molar-refractivity contribution >= 4 is 27.9 Å². The number of halogens is 4. The van der Waals surface area contributed by atoms with Gasteiger partial charge in [-0.2, -0.15) is 0 Å². The number of carbonyl (C=O) groups is 1. The van der Waals surface area contributed by atoms with Crippen LogP contribution in [-0.2, 0) is 22.1 Å². The zero-order valence-electron chi connectivity index (χ0n) is 18.8. The third-order valence-electron chi connectivity index (χ3n) is 5.51. The average molecular weight is 521 g/mol. The molecule has 2 aromatic heterocycles. The van der Waals surface area contributed by atoms with Crippen molar-refractivity contribution in [3.63, 3.8) is 0 Å². The molecule has 0 saturated heterocycles. The van der Waals surface area contributed by atoms with Gasteiger partial charge in [0.25, 0.3) is 0 Å². The number of hydrogen-bond acceptors (Lipinski definition) is 5. The van der Waals surface area contributed by atoms with E-state index in [1.807, 2.05) is 0 Å². The minimum absolute atomic E-state index is 0.0251. The molecule has 36 heavy (non-hydrogen) atoms. The van der Waals surface area contributed by atoms with Crippen molar-refractivity contribution < 1.29 is 31.3 Å².